The molecule has 3 nitrogen and oxygen atoms in total. The Kier molecular flexibility index (Phi) is 5.70. The lowest BCUT2D eigenvalue weighted by Gasteiger charge is -2.17. The smallest absolute Gasteiger partial charge is 0.237 e. The van der Waals surface area contributed by atoms with Gasteiger partial charge in [0.1, 0.15) is 0 Å². The predicted molar refractivity (Wildman–Crippen MR) is 70.5 cm³/mol. The van der Waals surface area contributed by atoms with Crippen LogP contribution in [0.1, 0.15) is 44.7 Å². The van der Waals surface area contributed by atoms with Gasteiger partial charge in [-0.25, -0.2) is 0 Å². The summed E-state index contributed by atoms with van der Waals surface area (Å²) in [6.07, 6.45) is 2.81. The summed E-state index contributed by atoms with van der Waals surface area (Å²) in [6, 6.07) is 9.53. The number of unbranched alkanes of at least 4 members (excludes halogenated alkanes) is 1. The van der Waals surface area contributed by atoms with E-state index in [2.05, 4.69) is 12.2 Å². The average Bonchev–Trinajstić information content (AvgIpc) is 2.36. The van der Waals surface area contributed by atoms with Crippen LogP contribution >= 0.6 is 0 Å². The van der Waals surface area contributed by atoms with E-state index in [4.69, 9.17) is 5.73 Å². The number of benzene rings is 1. The molecule has 2 atom stereocenters. The van der Waals surface area contributed by atoms with Crippen LogP contribution in [0, 0.1) is 0 Å². The zero-order chi connectivity index (χ0) is 12.7. The molecule has 0 fully saturated rings. The Bertz CT molecular complexity index is 337. The number of rotatable bonds is 6. The zero-order valence-electron chi connectivity index (χ0n) is 10.6. The highest BCUT2D eigenvalue weighted by Gasteiger charge is 2.15. The predicted octanol–water partition coefficient (Wildman–Crippen LogP) is 2.38. The molecule has 1 aromatic carbocycles. The van der Waals surface area contributed by atoms with Crippen LogP contribution < -0.4 is 11.1 Å². The summed E-state index contributed by atoms with van der Waals surface area (Å²) < 4.78 is 0. The highest BCUT2D eigenvalue weighted by atomic mass is 16.2. The second-order valence-corrected chi connectivity index (χ2v) is 4.39. The maximum absolute atomic E-state index is 11.8. The van der Waals surface area contributed by atoms with Gasteiger partial charge in [0.2, 0.25) is 5.91 Å². The van der Waals surface area contributed by atoms with Crippen molar-refractivity contribution in [1.82, 2.24) is 5.32 Å². The van der Waals surface area contributed by atoms with Crippen molar-refractivity contribution in [3.05, 3.63) is 35.9 Å². The maximum Gasteiger partial charge on any atom is 0.237 e. The van der Waals surface area contributed by atoms with Crippen LogP contribution in [-0.4, -0.2) is 11.9 Å². The van der Waals surface area contributed by atoms with Gasteiger partial charge in [0.05, 0.1) is 12.1 Å². The fraction of sp³-hybridized carbons (Fsp3) is 0.500. The molecular formula is C14H22N2O. The molecule has 94 valence electrons. The molecule has 0 aromatic heterocycles. The highest BCUT2D eigenvalue weighted by molar-refractivity contribution is 5.81. The van der Waals surface area contributed by atoms with E-state index in [-0.39, 0.29) is 18.0 Å². The maximum atomic E-state index is 11.8. The minimum atomic E-state index is -0.388. The highest BCUT2D eigenvalue weighted by Crippen LogP contribution is 2.11. The lowest BCUT2D eigenvalue weighted by molar-refractivity contribution is -0.123. The Morgan fingerprint density at radius 1 is 1.35 bits per heavy atom. The Morgan fingerprint density at radius 3 is 2.59 bits per heavy atom. The number of carbonyl (C=O) groups excluding carboxylic acids is 1. The molecule has 1 rings (SSSR count). The van der Waals surface area contributed by atoms with E-state index in [1.165, 1.54) is 0 Å². The SMILES string of the molecule is CCCCC(N)C(=O)N[C@@H](C)c1ccccc1. The molecule has 0 heterocycles. The molecular weight excluding hydrogens is 212 g/mol. The largest absolute Gasteiger partial charge is 0.348 e. The topological polar surface area (TPSA) is 55.1 Å². The van der Waals surface area contributed by atoms with Gasteiger partial charge < -0.3 is 11.1 Å². The van der Waals surface area contributed by atoms with E-state index in [1.807, 2.05) is 37.3 Å². The number of nitrogens with two attached hydrogens (primary N) is 1. The third-order valence-electron chi connectivity index (χ3n) is 2.86. The molecule has 0 aliphatic heterocycles. The number of hydrogen-bond donors (Lipinski definition) is 2. The summed E-state index contributed by atoms with van der Waals surface area (Å²) in [5.41, 5.74) is 6.92. The van der Waals surface area contributed by atoms with Gasteiger partial charge in [-0.05, 0) is 18.9 Å². The van der Waals surface area contributed by atoms with E-state index in [0.717, 1.165) is 24.8 Å². The van der Waals surface area contributed by atoms with Gasteiger partial charge >= 0.3 is 0 Å². The third-order valence-corrected chi connectivity index (χ3v) is 2.86. The second-order valence-electron chi connectivity index (χ2n) is 4.39. The molecule has 0 radical (unpaired) electrons. The summed E-state index contributed by atoms with van der Waals surface area (Å²) in [7, 11) is 0. The molecule has 1 unspecified atom stereocenters. The molecule has 0 aliphatic carbocycles. The standard InChI is InChI=1S/C14H22N2O/c1-3-4-10-13(15)14(17)16-11(2)12-8-6-5-7-9-12/h5-9,11,13H,3-4,10,15H2,1-2H3,(H,16,17)/t11-,13?/m0/s1. The molecule has 17 heavy (non-hydrogen) atoms. The van der Waals surface area contributed by atoms with Crippen molar-refractivity contribution in [1.29, 1.82) is 0 Å². The van der Waals surface area contributed by atoms with E-state index >= 15 is 0 Å². The van der Waals surface area contributed by atoms with E-state index < -0.39 is 0 Å². The Morgan fingerprint density at radius 2 is 2.00 bits per heavy atom. The van der Waals surface area contributed by atoms with Crippen molar-refractivity contribution < 1.29 is 4.79 Å². The summed E-state index contributed by atoms with van der Waals surface area (Å²) in [4.78, 5) is 11.8. The first-order chi connectivity index (χ1) is 8.15. The fourth-order valence-electron chi connectivity index (χ4n) is 1.70. The van der Waals surface area contributed by atoms with Gasteiger partial charge in [0.15, 0.2) is 0 Å². The zero-order valence-corrected chi connectivity index (χ0v) is 10.6. The second kappa shape index (κ2) is 7.07. The quantitative estimate of drug-likeness (QED) is 0.794. The molecule has 1 aromatic rings. The van der Waals surface area contributed by atoms with Crippen molar-refractivity contribution in [2.45, 2.75) is 45.2 Å². The van der Waals surface area contributed by atoms with Crippen LogP contribution in [0.15, 0.2) is 30.3 Å². The Labute approximate surface area is 103 Å². The van der Waals surface area contributed by atoms with E-state index in [0.29, 0.717) is 0 Å². The molecule has 3 N–H and O–H groups in total. The number of nitrogens with one attached hydrogen (secondary N) is 1. The summed E-state index contributed by atoms with van der Waals surface area (Å²) in [5.74, 6) is -0.0604. The van der Waals surface area contributed by atoms with Crippen LogP contribution in [-0.2, 0) is 4.79 Å². The molecule has 0 aliphatic rings. The first-order valence-corrected chi connectivity index (χ1v) is 6.26. The summed E-state index contributed by atoms with van der Waals surface area (Å²) in [6.45, 7) is 4.07. The molecule has 0 saturated heterocycles. The van der Waals surface area contributed by atoms with E-state index in [9.17, 15) is 4.79 Å². The first kappa shape index (κ1) is 13.7. The van der Waals surface area contributed by atoms with Crippen molar-refractivity contribution in [2.24, 2.45) is 5.73 Å². The van der Waals surface area contributed by atoms with Gasteiger partial charge in [0, 0.05) is 0 Å². The van der Waals surface area contributed by atoms with E-state index in [1.54, 1.807) is 0 Å². The van der Waals surface area contributed by atoms with Crippen LogP contribution in [0.5, 0.6) is 0 Å². The average molecular weight is 234 g/mol. The van der Waals surface area contributed by atoms with Gasteiger partial charge in [0.25, 0.3) is 0 Å². The molecule has 0 bridgehead atoms. The molecule has 0 saturated carbocycles. The molecule has 3 heteroatoms. The van der Waals surface area contributed by atoms with Gasteiger partial charge in [-0.3, -0.25) is 4.79 Å². The normalized spacial score (nSPS) is 14.1. The van der Waals surface area contributed by atoms with Crippen molar-refractivity contribution in [3.63, 3.8) is 0 Å². The number of hydrogen-bond acceptors (Lipinski definition) is 2. The minimum Gasteiger partial charge on any atom is -0.348 e. The van der Waals surface area contributed by atoms with Crippen LogP contribution in [0.25, 0.3) is 0 Å². The van der Waals surface area contributed by atoms with Gasteiger partial charge in [-0.15, -0.1) is 0 Å². The van der Waals surface area contributed by atoms with Crippen LogP contribution in [0.3, 0.4) is 0 Å². The van der Waals surface area contributed by atoms with Gasteiger partial charge in [-0.1, -0.05) is 50.1 Å². The number of amides is 1. The molecule has 1 amide bonds. The number of carbonyl (C=O) groups is 1. The molecule has 0 spiro atoms. The Balaban J connectivity index is 2.46. The third kappa shape index (κ3) is 4.57. The van der Waals surface area contributed by atoms with Crippen molar-refractivity contribution in [2.75, 3.05) is 0 Å². The lowest BCUT2D eigenvalue weighted by Crippen LogP contribution is -2.41. The summed E-state index contributed by atoms with van der Waals surface area (Å²) >= 11 is 0. The van der Waals surface area contributed by atoms with Crippen molar-refractivity contribution >= 4 is 5.91 Å². The van der Waals surface area contributed by atoms with Gasteiger partial charge in [-0.2, -0.15) is 0 Å². The monoisotopic (exact) mass is 234 g/mol. The first-order valence-electron chi connectivity index (χ1n) is 6.26. The lowest BCUT2D eigenvalue weighted by atomic mass is 10.1. The minimum absolute atomic E-state index is 0.0105. The van der Waals surface area contributed by atoms with Crippen LogP contribution in [0.2, 0.25) is 0 Å². The fourth-order valence-corrected chi connectivity index (χ4v) is 1.70. The summed E-state index contributed by atoms with van der Waals surface area (Å²) in [5, 5.41) is 2.94. The van der Waals surface area contributed by atoms with Crippen LogP contribution in [0.4, 0.5) is 0 Å². The Hall–Kier alpha value is -1.35. The van der Waals surface area contributed by atoms with Crippen molar-refractivity contribution in [3.8, 4) is 0 Å².